The second-order valence-corrected chi connectivity index (χ2v) is 2.20. The van der Waals surface area contributed by atoms with Gasteiger partial charge in [0.25, 0.3) is 0 Å². The van der Waals surface area contributed by atoms with Gasteiger partial charge in [0.2, 0.25) is 15.9 Å². The third-order valence-electron chi connectivity index (χ3n) is 0.662. The molecule has 0 spiro atoms. The summed E-state index contributed by atoms with van der Waals surface area (Å²) in [7, 11) is -2.77. The van der Waals surface area contributed by atoms with Crippen molar-refractivity contribution >= 4 is 10.7 Å². The van der Waals surface area contributed by atoms with Crippen molar-refractivity contribution in [3.8, 4) is 0 Å². The summed E-state index contributed by atoms with van der Waals surface area (Å²) in [4.78, 5) is 12.1. The second-order valence-electron chi connectivity index (χ2n) is 1.26. The fraction of sp³-hybridized carbons (Fsp3) is 0. The lowest BCUT2D eigenvalue weighted by Crippen LogP contribution is -2.00. The number of hydrogen-bond donors (Lipinski definition) is 3. The predicted molar refractivity (Wildman–Crippen MR) is 27.8 cm³/mol. The van der Waals surface area contributed by atoms with Gasteiger partial charge in [0.1, 0.15) is 0 Å². The van der Waals surface area contributed by atoms with E-state index in [4.69, 9.17) is 0 Å². The maximum atomic E-state index is 10.2. The zero-order valence-electron chi connectivity index (χ0n) is 4.12. The average molecular weight is 149 g/mol. The molecule has 0 fully saturated rings. The van der Waals surface area contributed by atoms with Crippen LogP contribution in [0.3, 0.4) is 0 Å². The number of thiol groups is 1. The summed E-state index contributed by atoms with van der Waals surface area (Å²) in [6, 6.07) is 0. The highest BCUT2D eigenvalue weighted by molar-refractivity contribution is 7.72. The first-order valence-electron chi connectivity index (χ1n) is 1.99. The first-order valence-corrected chi connectivity index (χ1v) is 3.17. The number of aromatic amines is 2. The molecule has 7 heteroatoms. The van der Waals surface area contributed by atoms with Crippen LogP contribution in [0.15, 0.2) is 9.95 Å². The molecule has 0 aliphatic rings. The third-order valence-corrected chi connectivity index (χ3v) is 1.22. The summed E-state index contributed by atoms with van der Waals surface area (Å²) in [5.74, 6) is 0. The van der Waals surface area contributed by atoms with E-state index in [0.29, 0.717) is 0 Å². The van der Waals surface area contributed by atoms with Crippen LogP contribution in [0.1, 0.15) is 0 Å². The zero-order chi connectivity index (χ0) is 6.85. The Kier molecular flexibility index (Phi) is 1.35. The Morgan fingerprint density at radius 3 is 2.33 bits per heavy atom. The van der Waals surface area contributed by atoms with E-state index < -0.39 is 16.4 Å². The van der Waals surface area contributed by atoms with E-state index in [9.17, 15) is 13.2 Å². The van der Waals surface area contributed by atoms with Gasteiger partial charge >= 0.3 is 5.69 Å². The van der Waals surface area contributed by atoms with E-state index in [-0.39, 0.29) is 5.16 Å². The van der Waals surface area contributed by atoms with Crippen LogP contribution in [-0.2, 0) is 10.7 Å². The van der Waals surface area contributed by atoms with Crippen LogP contribution >= 0.6 is 0 Å². The number of nitrogens with one attached hydrogen (secondary N) is 2. The van der Waals surface area contributed by atoms with Crippen molar-refractivity contribution in [2.45, 2.75) is 5.16 Å². The van der Waals surface area contributed by atoms with Crippen LogP contribution in [-0.4, -0.2) is 23.6 Å². The first kappa shape index (κ1) is 6.02. The standard InChI is InChI=1S/C2H3N3O3S/c6-1-3-2(5-4-1)9(7)8/h9H,(H2,3,4,5,6). The molecule has 0 atom stereocenters. The molecule has 1 heterocycles. The van der Waals surface area contributed by atoms with Crippen LogP contribution in [0.4, 0.5) is 0 Å². The van der Waals surface area contributed by atoms with Crippen molar-refractivity contribution in [3.05, 3.63) is 10.5 Å². The lowest BCUT2D eigenvalue weighted by molar-refractivity contribution is 0.607. The maximum absolute atomic E-state index is 10.2. The highest BCUT2D eigenvalue weighted by atomic mass is 32.2. The van der Waals surface area contributed by atoms with E-state index in [1.54, 1.807) is 0 Å². The molecule has 6 nitrogen and oxygen atoms in total. The van der Waals surface area contributed by atoms with Gasteiger partial charge in [-0.15, -0.1) is 5.10 Å². The summed E-state index contributed by atoms with van der Waals surface area (Å²) in [5.41, 5.74) is -0.621. The van der Waals surface area contributed by atoms with Crippen molar-refractivity contribution in [3.63, 3.8) is 0 Å². The minimum absolute atomic E-state index is 0.338. The number of hydrogen-bond acceptors (Lipinski definition) is 4. The fourth-order valence-corrected chi connectivity index (χ4v) is 0.672. The zero-order valence-corrected chi connectivity index (χ0v) is 5.01. The van der Waals surface area contributed by atoms with Crippen LogP contribution < -0.4 is 5.69 Å². The largest absolute Gasteiger partial charge is 0.341 e. The SMILES string of the molecule is O=c1[nH]nc([SH](=O)=O)[nH]1. The number of nitrogens with zero attached hydrogens (tertiary/aromatic N) is 1. The van der Waals surface area contributed by atoms with Crippen molar-refractivity contribution in [2.24, 2.45) is 0 Å². The van der Waals surface area contributed by atoms with Gasteiger partial charge in [-0.3, -0.25) is 4.98 Å². The van der Waals surface area contributed by atoms with Gasteiger partial charge in [-0.2, -0.15) is 0 Å². The molecule has 1 aromatic heterocycles. The van der Waals surface area contributed by atoms with Gasteiger partial charge in [-0.05, 0) is 0 Å². The summed E-state index contributed by atoms with van der Waals surface area (Å²) in [6.45, 7) is 0. The van der Waals surface area contributed by atoms with E-state index in [0.717, 1.165) is 0 Å². The summed E-state index contributed by atoms with van der Waals surface area (Å²) >= 11 is 0. The molecule has 50 valence electrons. The Bertz CT molecular complexity index is 312. The number of aromatic nitrogens is 3. The van der Waals surface area contributed by atoms with Crippen LogP contribution in [0.2, 0.25) is 0 Å². The average Bonchev–Trinajstić information content (AvgIpc) is 2.14. The van der Waals surface area contributed by atoms with E-state index in [1.165, 1.54) is 0 Å². The number of rotatable bonds is 1. The monoisotopic (exact) mass is 149 g/mol. The Morgan fingerprint density at radius 1 is 1.44 bits per heavy atom. The predicted octanol–water partition coefficient (Wildman–Crippen LogP) is -1.93. The molecule has 1 aromatic rings. The number of H-pyrrole nitrogens is 2. The first-order chi connectivity index (χ1) is 4.20. The molecule has 0 saturated heterocycles. The molecular formula is C2H3N3O3S. The topological polar surface area (TPSA) is 95.7 Å². The normalized spacial score (nSPS) is 10.3. The Labute approximate surface area is 50.9 Å². The molecule has 0 aromatic carbocycles. The van der Waals surface area contributed by atoms with Gasteiger partial charge in [0.15, 0.2) is 0 Å². The molecule has 0 unspecified atom stereocenters. The van der Waals surface area contributed by atoms with Crippen molar-refractivity contribution in [1.29, 1.82) is 0 Å². The van der Waals surface area contributed by atoms with Crippen molar-refractivity contribution in [1.82, 2.24) is 15.2 Å². The quantitative estimate of drug-likeness (QED) is 0.405. The maximum Gasteiger partial charge on any atom is 0.341 e. The molecule has 1 rings (SSSR count). The van der Waals surface area contributed by atoms with E-state index in [1.807, 2.05) is 10.1 Å². The van der Waals surface area contributed by atoms with E-state index in [2.05, 4.69) is 5.10 Å². The van der Waals surface area contributed by atoms with Crippen LogP contribution in [0.25, 0.3) is 0 Å². The van der Waals surface area contributed by atoms with Crippen molar-refractivity contribution in [2.75, 3.05) is 0 Å². The summed E-state index contributed by atoms with van der Waals surface area (Å²) in [5, 5.41) is 4.69. The molecule has 0 bridgehead atoms. The highest BCUT2D eigenvalue weighted by Crippen LogP contribution is 1.78. The molecule has 0 saturated carbocycles. The minimum Gasteiger partial charge on any atom is -0.280 e. The molecule has 0 aliphatic carbocycles. The molecule has 0 radical (unpaired) electrons. The fourth-order valence-electron chi connectivity index (χ4n) is 0.348. The smallest absolute Gasteiger partial charge is 0.280 e. The Morgan fingerprint density at radius 2 is 2.11 bits per heavy atom. The van der Waals surface area contributed by atoms with Crippen LogP contribution in [0.5, 0.6) is 0 Å². The van der Waals surface area contributed by atoms with Gasteiger partial charge < -0.3 is 0 Å². The molecule has 0 amide bonds. The van der Waals surface area contributed by atoms with Gasteiger partial charge in [0.05, 0.1) is 0 Å². The molecule has 9 heavy (non-hydrogen) atoms. The third kappa shape index (κ3) is 1.17. The molecule has 0 aliphatic heterocycles. The lowest BCUT2D eigenvalue weighted by atomic mass is 11.3. The van der Waals surface area contributed by atoms with Crippen LogP contribution in [0, 0.1) is 0 Å². The van der Waals surface area contributed by atoms with Gasteiger partial charge in [-0.25, -0.2) is 18.3 Å². The van der Waals surface area contributed by atoms with E-state index >= 15 is 0 Å². The summed E-state index contributed by atoms with van der Waals surface area (Å²) < 4.78 is 20.0. The van der Waals surface area contributed by atoms with Crippen molar-refractivity contribution < 1.29 is 8.42 Å². The molecular weight excluding hydrogens is 146 g/mol. The Hall–Kier alpha value is -1.11. The summed E-state index contributed by atoms with van der Waals surface area (Å²) in [6.07, 6.45) is 0. The second kappa shape index (κ2) is 2.02. The Balaban J connectivity index is 3.28. The molecule has 2 N–H and O–H groups in total. The lowest BCUT2D eigenvalue weighted by Gasteiger charge is -1.69. The minimum atomic E-state index is -2.77. The van der Waals surface area contributed by atoms with Gasteiger partial charge in [0, 0.05) is 0 Å². The van der Waals surface area contributed by atoms with Gasteiger partial charge in [-0.1, -0.05) is 0 Å². The highest BCUT2D eigenvalue weighted by Gasteiger charge is 1.96.